The van der Waals surface area contributed by atoms with E-state index in [4.69, 9.17) is 5.84 Å². The van der Waals surface area contributed by atoms with Crippen molar-refractivity contribution in [1.82, 2.24) is 10.4 Å². The molecule has 1 fully saturated rings. The molecule has 3 atom stereocenters. The van der Waals surface area contributed by atoms with Crippen molar-refractivity contribution in [3.05, 3.63) is 16.6 Å². The zero-order chi connectivity index (χ0) is 10.7. The molecule has 1 aromatic heterocycles. The standard InChI is InChI=1S/C11H19N3S/c1-8-2-3-9(4-8)11(14-12)5-10-6-13-7-15-10/h6-9,11,14H,2-5,12H2,1H3. The van der Waals surface area contributed by atoms with Crippen LogP contribution in [0.1, 0.15) is 31.1 Å². The Morgan fingerprint density at radius 3 is 3.07 bits per heavy atom. The first-order chi connectivity index (χ1) is 7.29. The second-order valence-corrected chi connectivity index (χ2v) is 5.59. The first kappa shape index (κ1) is 11.0. The van der Waals surface area contributed by atoms with Crippen molar-refractivity contribution in [1.29, 1.82) is 0 Å². The lowest BCUT2D eigenvalue weighted by Crippen LogP contribution is -2.41. The second kappa shape index (κ2) is 5.05. The van der Waals surface area contributed by atoms with Crippen molar-refractivity contribution >= 4 is 11.3 Å². The molecule has 1 aliphatic rings. The quantitative estimate of drug-likeness (QED) is 0.608. The van der Waals surface area contributed by atoms with Gasteiger partial charge in [-0.2, -0.15) is 0 Å². The van der Waals surface area contributed by atoms with Gasteiger partial charge in [0.2, 0.25) is 0 Å². The maximum Gasteiger partial charge on any atom is 0.0794 e. The molecule has 0 saturated heterocycles. The van der Waals surface area contributed by atoms with Gasteiger partial charge in [-0.3, -0.25) is 16.3 Å². The average Bonchev–Trinajstić information content (AvgIpc) is 2.85. The second-order valence-electron chi connectivity index (χ2n) is 4.62. The molecule has 84 valence electrons. The normalized spacial score (nSPS) is 28.1. The van der Waals surface area contributed by atoms with Gasteiger partial charge in [-0.15, -0.1) is 11.3 Å². The number of hydrogen-bond donors (Lipinski definition) is 2. The third-order valence-electron chi connectivity index (χ3n) is 3.42. The van der Waals surface area contributed by atoms with E-state index < -0.39 is 0 Å². The largest absolute Gasteiger partial charge is 0.271 e. The SMILES string of the molecule is CC1CCC(C(Cc2cncs2)NN)C1. The van der Waals surface area contributed by atoms with Gasteiger partial charge in [0.1, 0.15) is 0 Å². The topological polar surface area (TPSA) is 50.9 Å². The fourth-order valence-electron chi connectivity index (χ4n) is 2.54. The lowest BCUT2D eigenvalue weighted by Gasteiger charge is -2.21. The Morgan fingerprint density at radius 1 is 1.67 bits per heavy atom. The van der Waals surface area contributed by atoms with Gasteiger partial charge in [0.05, 0.1) is 5.51 Å². The van der Waals surface area contributed by atoms with Gasteiger partial charge < -0.3 is 0 Å². The monoisotopic (exact) mass is 225 g/mol. The summed E-state index contributed by atoms with van der Waals surface area (Å²) in [5.41, 5.74) is 4.87. The number of hydrogen-bond acceptors (Lipinski definition) is 4. The van der Waals surface area contributed by atoms with E-state index >= 15 is 0 Å². The number of nitrogens with two attached hydrogens (primary N) is 1. The van der Waals surface area contributed by atoms with Gasteiger partial charge in [-0.1, -0.05) is 13.3 Å². The molecule has 2 rings (SSSR count). The molecule has 3 unspecified atom stereocenters. The van der Waals surface area contributed by atoms with Crippen LogP contribution in [0, 0.1) is 11.8 Å². The Kier molecular flexibility index (Phi) is 3.72. The van der Waals surface area contributed by atoms with Crippen LogP contribution in [-0.4, -0.2) is 11.0 Å². The van der Waals surface area contributed by atoms with Gasteiger partial charge in [0, 0.05) is 23.5 Å². The molecule has 15 heavy (non-hydrogen) atoms. The summed E-state index contributed by atoms with van der Waals surface area (Å²) in [6.07, 6.45) is 6.96. The molecule has 3 nitrogen and oxygen atoms in total. The number of hydrazine groups is 1. The van der Waals surface area contributed by atoms with Crippen LogP contribution < -0.4 is 11.3 Å². The van der Waals surface area contributed by atoms with Crippen LogP contribution in [0.5, 0.6) is 0 Å². The molecule has 4 heteroatoms. The highest BCUT2D eigenvalue weighted by atomic mass is 32.1. The summed E-state index contributed by atoms with van der Waals surface area (Å²) in [5.74, 6) is 7.26. The predicted octanol–water partition coefficient (Wildman–Crippen LogP) is 1.95. The van der Waals surface area contributed by atoms with Crippen LogP contribution >= 0.6 is 11.3 Å². The summed E-state index contributed by atoms with van der Waals surface area (Å²) in [7, 11) is 0. The number of nitrogens with zero attached hydrogens (tertiary/aromatic N) is 1. The van der Waals surface area contributed by atoms with E-state index in [1.165, 1.54) is 24.1 Å². The molecule has 1 saturated carbocycles. The molecule has 0 aliphatic heterocycles. The predicted molar refractivity (Wildman–Crippen MR) is 63.4 cm³/mol. The highest BCUT2D eigenvalue weighted by Crippen LogP contribution is 2.33. The fourth-order valence-corrected chi connectivity index (χ4v) is 3.19. The lowest BCUT2D eigenvalue weighted by atomic mass is 9.94. The number of aromatic nitrogens is 1. The summed E-state index contributed by atoms with van der Waals surface area (Å²) >= 11 is 1.72. The summed E-state index contributed by atoms with van der Waals surface area (Å²) in [6, 6.07) is 0.426. The maximum atomic E-state index is 5.65. The molecule has 0 aromatic carbocycles. The fraction of sp³-hybridized carbons (Fsp3) is 0.727. The zero-order valence-corrected chi connectivity index (χ0v) is 9.96. The Balaban J connectivity index is 1.92. The van der Waals surface area contributed by atoms with E-state index in [2.05, 4.69) is 17.3 Å². The van der Waals surface area contributed by atoms with E-state index in [0.29, 0.717) is 6.04 Å². The van der Waals surface area contributed by atoms with E-state index in [1.807, 2.05) is 11.7 Å². The molecule has 0 bridgehead atoms. The highest BCUT2D eigenvalue weighted by Gasteiger charge is 2.28. The lowest BCUT2D eigenvalue weighted by molar-refractivity contribution is 0.354. The minimum Gasteiger partial charge on any atom is -0.271 e. The Hall–Kier alpha value is -0.450. The van der Waals surface area contributed by atoms with Gasteiger partial charge in [-0.05, 0) is 24.7 Å². The molecule has 1 aromatic rings. The number of nitrogens with one attached hydrogen (secondary N) is 1. The number of rotatable bonds is 4. The summed E-state index contributed by atoms with van der Waals surface area (Å²) < 4.78 is 0. The van der Waals surface area contributed by atoms with Gasteiger partial charge in [0.15, 0.2) is 0 Å². The van der Waals surface area contributed by atoms with Crippen LogP contribution in [0.25, 0.3) is 0 Å². The van der Waals surface area contributed by atoms with Crippen LogP contribution in [-0.2, 0) is 6.42 Å². The maximum absolute atomic E-state index is 5.65. The van der Waals surface area contributed by atoms with E-state index in [1.54, 1.807) is 11.3 Å². The third-order valence-corrected chi connectivity index (χ3v) is 4.23. The summed E-state index contributed by atoms with van der Waals surface area (Å²) in [6.45, 7) is 2.33. The van der Waals surface area contributed by atoms with Crippen molar-refractivity contribution in [2.75, 3.05) is 0 Å². The molecule has 0 amide bonds. The Labute approximate surface area is 95.1 Å². The van der Waals surface area contributed by atoms with Crippen molar-refractivity contribution in [2.24, 2.45) is 17.7 Å². The molecular formula is C11H19N3S. The number of thiazole rings is 1. The minimum absolute atomic E-state index is 0.426. The van der Waals surface area contributed by atoms with E-state index in [9.17, 15) is 0 Å². The van der Waals surface area contributed by atoms with Gasteiger partial charge in [0.25, 0.3) is 0 Å². The molecule has 1 heterocycles. The highest BCUT2D eigenvalue weighted by molar-refractivity contribution is 7.09. The average molecular weight is 225 g/mol. The molecule has 0 radical (unpaired) electrons. The first-order valence-corrected chi connectivity index (χ1v) is 6.51. The third kappa shape index (κ3) is 2.77. The zero-order valence-electron chi connectivity index (χ0n) is 9.15. The van der Waals surface area contributed by atoms with Crippen LogP contribution in [0.3, 0.4) is 0 Å². The molecule has 0 spiro atoms. The van der Waals surface area contributed by atoms with Crippen molar-refractivity contribution in [3.63, 3.8) is 0 Å². The van der Waals surface area contributed by atoms with Crippen LogP contribution in [0.15, 0.2) is 11.7 Å². The summed E-state index contributed by atoms with van der Waals surface area (Å²) in [5, 5.41) is 0. The molecular weight excluding hydrogens is 206 g/mol. The van der Waals surface area contributed by atoms with Crippen LogP contribution in [0.4, 0.5) is 0 Å². The minimum atomic E-state index is 0.426. The first-order valence-electron chi connectivity index (χ1n) is 5.63. The van der Waals surface area contributed by atoms with Gasteiger partial charge >= 0.3 is 0 Å². The molecule has 3 N–H and O–H groups in total. The van der Waals surface area contributed by atoms with Crippen molar-refractivity contribution in [2.45, 2.75) is 38.6 Å². The van der Waals surface area contributed by atoms with Crippen molar-refractivity contribution < 1.29 is 0 Å². The van der Waals surface area contributed by atoms with Crippen LogP contribution in [0.2, 0.25) is 0 Å². The van der Waals surface area contributed by atoms with Crippen molar-refractivity contribution in [3.8, 4) is 0 Å². The van der Waals surface area contributed by atoms with E-state index in [0.717, 1.165) is 18.3 Å². The Morgan fingerprint density at radius 2 is 2.53 bits per heavy atom. The smallest absolute Gasteiger partial charge is 0.0794 e. The summed E-state index contributed by atoms with van der Waals surface area (Å²) in [4.78, 5) is 5.43. The Bertz CT molecular complexity index is 286. The van der Waals surface area contributed by atoms with Gasteiger partial charge in [-0.25, -0.2) is 0 Å². The molecule has 1 aliphatic carbocycles. The van der Waals surface area contributed by atoms with E-state index in [-0.39, 0.29) is 0 Å².